The van der Waals surface area contributed by atoms with Crippen LogP contribution in [0.1, 0.15) is 57.9 Å². The first-order chi connectivity index (χ1) is 40.8. The summed E-state index contributed by atoms with van der Waals surface area (Å²) in [6.07, 6.45) is -6.46. The van der Waals surface area contributed by atoms with E-state index in [0.29, 0.717) is 38.0 Å². The number of hydrogen-bond acceptors (Lipinski definition) is 27. The first-order valence-electron chi connectivity index (χ1n) is 26.9. The van der Waals surface area contributed by atoms with E-state index in [-0.39, 0.29) is 97.5 Å². The number of phosphoric acid groups is 3. The number of fused-ring (bicyclic) bond motifs is 4. The number of H-pyrrole nitrogens is 2. The Labute approximate surface area is 490 Å². The van der Waals surface area contributed by atoms with Crippen LogP contribution in [0.15, 0.2) is 22.2 Å². The number of aryl methyl sites for hydroxylation is 1. The maximum absolute atomic E-state index is 13.2. The second-order valence-corrected chi connectivity index (χ2v) is 26.4. The van der Waals surface area contributed by atoms with Gasteiger partial charge in [-0.15, -0.1) is 0 Å². The molecule has 86 heavy (non-hydrogen) atoms. The number of aliphatic hydroxyl groups is 2. The molecule has 38 nitrogen and oxygen atoms in total. The van der Waals surface area contributed by atoms with E-state index in [1.54, 1.807) is 0 Å². The number of imidazole rings is 2. The number of nitrogens with one attached hydrogen (secondary N) is 6. The predicted molar refractivity (Wildman–Crippen MR) is 292 cm³/mol. The summed E-state index contributed by atoms with van der Waals surface area (Å²) in [5, 5.41) is 33.3. The molecule has 4 aromatic heterocycles. The first-order valence-corrected chi connectivity index (χ1v) is 32.5. The summed E-state index contributed by atoms with van der Waals surface area (Å²) >= 11 is 1.85. The molecule has 5 saturated heterocycles. The fraction of sp³-hybridized carbons (Fsp3) is 0.705. The molecule has 4 aromatic rings. The Hall–Kier alpha value is -5.09. The number of carbonyl (C=O) groups excluding carboxylic acids is 3. The zero-order valence-electron chi connectivity index (χ0n) is 46.1. The molecule has 0 aromatic carbocycles. The van der Waals surface area contributed by atoms with Crippen LogP contribution in [0, 0.1) is 0 Å². The molecule has 0 aliphatic carbocycles. The SMILES string of the molecule is Cn1c[n+]([C@@H]2O[C@H](COP(=O)(O)OP(=O)(O)OP(=O)(O)OC[C@H]3O[C@@H](n4cnc5c(=O)[nH]c(N)nc54)[C@@H]4O[C@@](C)(CCC(=O)NCCOCCOCCOCCNC(=O)CCCC[C@@H]5SC[C@@H]6NC(=O)N[C@@H]65)O[C@@H]43)[C@@H](O)[C@H]2O)c2nc(N)[nH]c(=O)c21. The van der Waals surface area contributed by atoms with Gasteiger partial charge in [-0.1, -0.05) is 11.4 Å². The lowest BCUT2D eigenvalue weighted by Gasteiger charge is -2.28. The summed E-state index contributed by atoms with van der Waals surface area (Å²) < 4.78 is 102. The number of rotatable bonds is 32. The topological polar surface area (TPSA) is 523 Å². The Morgan fingerprint density at radius 1 is 0.814 bits per heavy atom. The van der Waals surface area contributed by atoms with Gasteiger partial charge < -0.3 is 90.8 Å². The Kier molecular flexibility index (Phi) is 21.1. The molecule has 4 amide bonds. The van der Waals surface area contributed by atoms with E-state index in [1.807, 2.05) is 11.8 Å². The van der Waals surface area contributed by atoms with Gasteiger partial charge in [-0.2, -0.15) is 25.4 Å². The Morgan fingerprint density at radius 3 is 2.12 bits per heavy atom. The van der Waals surface area contributed by atoms with E-state index < -0.39 is 109 Å². The minimum absolute atomic E-state index is 0.00182. The molecule has 5 aliphatic heterocycles. The van der Waals surface area contributed by atoms with Crippen LogP contribution in [0.2, 0.25) is 0 Å². The number of aromatic nitrogens is 8. The maximum atomic E-state index is 13.2. The number of carbonyl (C=O) groups is 3. The van der Waals surface area contributed by atoms with Crippen LogP contribution in [0.25, 0.3) is 22.3 Å². The number of nitrogens with zero attached hydrogens (tertiary/aromatic N) is 6. The molecule has 0 radical (unpaired) electrons. The molecule has 478 valence electrons. The number of anilines is 2. The number of aromatic amines is 2. The van der Waals surface area contributed by atoms with Crippen molar-refractivity contribution in [2.75, 3.05) is 83.2 Å². The van der Waals surface area contributed by atoms with E-state index in [9.17, 15) is 62.6 Å². The third kappa shape index (κ3) is 16.2. The summed E-state index contributed by atoms with van der Waals surface area (Å²) in [5.74, 6) is -1.66. The van der Waals surface area contributed by atoms with Gasteiger partial charge in [0.05, 0.1) is 78.3 Å². The number of nitrogen functional groups attached to an aromatic ring is 2. The average molecular weight is 1300 g/mol. The van der Waals surface area contributed by atoms with Crippen LogP contribution in [0.3, 0.4) is 0 Å². The van der Waals surface area contributed by atoms with Crippen LogP contribution >= 0.6 is 35.2 Å². The Balaban J connectivity index is 0.680. The summed E-state index contributed by atoms with van der Waals surface area (Å²) in [4.78, 5) is 110. The van der Waals surface area contributed by atoms with Gasteiger partial charge in [-0.05, 0) is 19.8 Å². The second kappa shape index (κ2) is 27.7. The second-order valence-electron chi connectivity index (χ2n) is 20.5. The number of urea groups is 1. The van der Waals surface area contributed by atoms with Crippen LogP contribution < -0.4 is 48.4 Å². The molecule has 0 saturated carbocycles. The van der Waals surface area contributed by atoms with Crippen molar-refractivity contribution < 1.29 is 108 Å². The van der Waals surface area contributed by atoms with E-state index in [2.05, 4.69) is 54.8 Å². The summed E-state index contributed by atoms with van der Waals surface area (Å²) in [5.41, 5.74) is 9.85. The fourth-order valence-corrected chi connectivity index (χ4v) is 15.3. The molecule has 9 rings (SSSR count). The molecule has 15 N–H and O–H groups in total. The van der Waals surface area contributed by atoms with Crippen molar-refractivity contribution in [1.29, 1.82) is 0 Å². The number of nitrogens with two attached hydrogens (primary N) is 2. The quantitative estimate of drug-likeness (QED) is 0.0100. The number of amides is 4. The van der Waals surface area contributed by atoms with Crippen molar-refractivity contribution in [1.82, 2.24) is 55.3 Å². The third-order valence-corrected chi connectivity index (χ3v) is 19.9. The molecule has 5 aliphatic rings. The highest BCUT2D eigenvalue weighted by atomic mass is 32.2. The number of aliphatic hydroxyl groups excluding tert-OH is 2. The molecular weight excluding hydrogens is 1230 g/mol. The van der Waals surface area contributed by atoms with Crippen molar-refractivity contribution in [3.63, 3.8) is 0 Å². The van der Waals surface area contributed by atoms with Crippen LogP contribution in [-0.2, 0) is 81.2 Å². The average Bonchev–Trinajstić information content (AvgIpc) is 1.74. The van der Waals surface area contributed by atoms with Crippen molar-refractivity contribution in [3.8, 4) is 0 Å². The maximum Gasteiger partial charge on any atom is 0.490 e. The number of thioether (sulfide) groups is 1. The van der Waals surface area contributed by atoms with E-state index in [1.165, 1.54) is 35.8 Å². The van der Waals surface area contributed by atoms with E-state index >= 15 is 0 Å². The van der Waals surface area contributed by atoms with Crippen molar-refractivity contribution >= 4 is 87.3 Å². The van der Waals surface area contributed by atoms with Crippen LogP contribution in [0.5, 0.6) is 0 Å². The highest BCUT2D eigenvalue weighted by Crippen LogP contribution is 2.68. The van der Waals surface area contributed by atoms with Gasteiger partial charge in [0.2, 0.25) is 29.5 Å². The highest BCUT2D eigenvalue weighted by Gasteiger charge is 2.58. The third-order valence-electron chi connectivity index (χ3n) is 14.2. The van der Waals surface area contributed by atoms with Gasteiger partial charge in [0, 0.05) is 43.4 Å². The molecule has 9 heterocycles. The number of hydrogen-bond donors (Lipinski definition) is 13. The van der Waals surface area contributed by atoms with Gasteiger partial charge in [-0.3, -0.25) is 47.3 Å². The first kappa shape index (κ1) is 65.4. The molecule has 42 heteroatoms. The lowest BCUT2D eigenvalue weighted by atomic mass is 10.0. The standard InChI is InChI=1S/C44H67N14O24P3S/c1-44(8-7-27(60)48-10-12-73-14-16-74-15-13-72-11-9-47-26(59)6-4-3-5-25-28-22(19-86-25)50-43(65)51-28)79-33-24(78-40(34(33)80-44)57-20-49-29-35(57)52-41(45)54-37(29)63)18-76-84(68,69)82-85(70,71)81-83(66,67)75-17-23-31(61)32(62)39(77-23)58-21-56(2)30-36(58)53-42(46)55-38(30)64/h20-25,28,31-34,39-40,61-62H,3-19H2,1-2H3,(H12-,45,46,47,48,50,51,52,53,54,55,59,60,63,64,65,66,67,68,69,70,71)/p+1/t22-,23+,24+,25-,28-,31+,32+,33+,34+,39+,40+,44-/m0/s1. The van der Waals surface area contributed by atoms with Gasteiger partial charge in [-0.25, -0.2) is 28.0 Å². The summed E-state index contributed by atoms with van der Waals surface area (Å²) in [6.45, 7) is 1.53. The Morgan fingerprint density at radius 2 is 1.43 bits per heavy atom. The lowest BCUT2D eigenvalue weighted by molar-refractivity contribution is -0.745. The zero-order chi connectivity index (χ0) is 61.7. The highest BCUT2D eigenvalue weighted by molar-refractivity contribution is 8.00. The van der Waals surface area contributed by atoms with Gasteiger partial charge >= 0.3 is 35.1 Å². The smallest absolute Gasteiger partial charge is 0.387 e. The molecular formula is C44H68N14O24P3S+. The van der Waals surface area contributed by atoms with Gasteiger partial charge in [0.15, 0.2) is 29.5 Å². The molecule has 15 atom stereocenters. The molecule has 5 fully saturated rings. The van der Waals surface area contributed by atoms with Crippen molar-refractivity contribution in [2.24, 2.45) is 7.05 Å². The Bertz CT molecular complexity index is 3360. The van der Waals surface area contributed by atoms with Gasteiger partial charge in [0.1, 0.15) is 36.6 Å². The largest absolute Gasteiger partial charge is 0.490 e. The summed E-state index contributed by atoms with van der Waals surface area (Å²) in [7, 11) is -16.2. The van der Waals surface area contributed by atoms with Crippen molar-refractivity contribution in [2.45, 2.75) is 118 Å². The number of ether oxygens (including phenoxy) is 7. The minimum Gasteiger partial charge on any atom is -0.387 e. The normalized spacial score (nSPS) is 29.1. The molecule has 0 bridgehead atoms. The van der Waals surface area contributed by atoms with E-state index in [0.717, 1.165) is 29.6 Å². The number of unbranched alkanes of at least 4 members (excludes halogenated alkanes) is 1. The van der Waals surface area contributed by atoms with E-state index in [4.69, 9.17) is 53.7 Å². The zero-order valence-corrected chi connectivity index (χ0v) is 49.6. The molecule has 3 unspecified atom stereocenters. The van der Waals surface area contributed by atoms with Crippen LogP contribution in [0.4, 0.5) is 16.7 Å². The predicted octanol–water partition coefficient (Wildman–Crippen LogP) is -2.98. The summed E-state index contributed by atoms with van der Waals surface area (Å²) in [6, 6.07) is 0.225. The monoisotopic (exact) mass is 1300 g/mol. The fourth-order valence-electron chi connectivity index (χ4n) is 10.3. The number of phosphoric ester groups is 2. The van der Waals surface area contributed by atoms with Crippen LogP contribution in [-0.4, -0.2) is 208 Å². The molecule has 0 spiro atoms. The lowest BCUT2D eigenvalue weighted by Crippen LogP contribution is -2.46. The minimum atomic E-state index is -6.08. The van der Waals surface area contributed by atoms with Crippen molar-refractivity contribution in [3.05, 3.63) is 33.4 Å². The van der Waals surface area contributed by atoms with Gasteiger partial charge in [0.25, 0.3) is 17.1 Å².